The normalized spacial score (nSPS) is 15.9. The van der Waals surface area contributed by atoms with Gasteiger partial charge in [0.1, 0.15) is 6.10 Å². The van der Waals surface area contributed by atoms with Crippen molar-refractivity contribution in [1.82, 2.24) is 9.80 Å². The first-order chi connectivity index (χ1) is 13.2. The summed E-state index contributed by atoms with van der Waals surface area (Å²) in [7, 11) is 0. The average molecular weight is 368 g/mol. The molecule has 1 aliphatic rings. The quantitative estimate of drug-likeness (QED) is 0.738. The Morgan fingerprint density at radius 2 is 1.33 bits per heavy atom. The van der Waals surface area contributed by atoms with E-state index in [0.29, 0.717) is 13.2 Å². The van der Waals surface area contributed by atoms with E-state index >= 15 is 0 Å². The van der Waals surface area contributed by atoms with Crippen LogP contribution in [0.25, 0.3) is 0 Å². The first-order valence-electron chi connectivity index (χ1n) is 9.60. The summed E-state index contributed by atoms with van der Waals surface area (Å²) in [6, 6.07) is 20.7. The molecular formula is C22H28N2O3. The van der Waals surface area contributed by atoms with Gasteiger partial charge < -0.3 is 14.7 Å². The van der Waals surface area contributed by atoms with Gasteiger partial charge in [0.15, 0.2) is 0 Å². The number of benzene rings is 2. The largest absolute Gasteiger partial charge is 0.481 e. The number of carboxylic acid groups (broad SMARTS) is 1. The van der Waals surface area contributed by atoms with Crippen molar-refractivity contribution in [3.05, 3.63) is 71.8 Å². The number of hydrogen-bond donors (Lipinski definition) is 1. The van der Waals surface area contributed by atoms with Crippen molar-refractivity contribution in [2.24, 2.45) is 0 Å². The van der Waals surface area contributed by atoms with Gasteiger partial charge in [-0.15, -0.1) is 0 Å². The fourth-order valence-electron chi connectivity index (χ4n) is 3.43. The van der Waals surface area contributed by atoms with Gasteiger partial charge in [-0.25, -0.2) is 0 Å². The van der Waals surface area contributed by atoms with Crippen LogP contribution in [0.4, 0.5) is 0 Å². The Hall–Kier alpha value is -2.21. The summed E-state index contributed by atoms with van der Waals surface area (Å²) < 4.78 is 6.29. The zero-order chi connectivity index (χ0) is 18.9. The molecule has 1 heterocycles. The summed E-state index contributed by atoms with van der Waals surface area (Å²) in [5.41, 5.74) is 2.34. The third-order valence-electron chi connectivity index (χ3n) is 5.00. The second-order valence-corrected chi connectivity index (χ2v) is 6.90. The molecule has 0 atom stereocenters. The van der Waals surface area contributed by atoms with E-state index in [1.807, 2.05) is 36.4 Å². The Labute approximate surface area is 161 Å². The van der Waals surface area contributed by atoms with Gasteiger partial charge in [0, 0.05) is 39.3 Å². The molecule has 1 N–H and O–H groups in total. The highest BCUT2D eigenvalue weighted by Crippen LogP contribution is 2.25. The van der Waals surface area contributed by atoms with E-state index < -0.39 is 5.97 Å². The molecule has 1 aliphatic heterocycles. The fraction of sp³-hybridized carbons (Fsp3) is 0.409. The van der Waals surface area contributed by atoms with E-state index in [1.54, 1.807) is 0 Å². The highest BCUT2D eigenvalue weighted by atomic mass is 16.5. The standard InChI is InChI=1S/C22H28N2O3/c25-21(26)11-12-23-13-15-24(16-14-23)17-18-27-22(19-7-3-1-4-8-19)20-9-5-2-6-10-20/h1-10,22H,11-18H2,(H,25,26). The molecule has 144 valence electrons. The van der Waals surface area contributed by atoms with Crippen LogP contribution in [0.1, 0.15) is 23.7 Å². The third kappa shape index (κ3) is 6.17. The van der Waals surface area contributed by atoms with Gasteiger partial charge in [-0.3, -0.25) is 9.69 Å². The SMILES string of the molecule is O=C(O)CCN1CCN(CCOC(c2ccccc2)c2ccccc2)CC1. The molecule has 0 amide bonds. The van der Waals surface area contributed by atoms with Gasteiger partial charge >= 0.3 is 5.97 Å². The predicted octanol–water partition coefficient (Wildman–Crippen LogP) is 2.88. The van der Waals surface area contributed by atoms with Gasteiger partial charge in [0.2, 0.25) is 0 Å². The van der Waals surface area contributed by atoms with Gasteiger partial charge in [-0.1, -0.05) is 60.7 Å². The lowest BCUT2D eigenvalue weighted by atomic mass is 10.0. The van der Waals surface area contributed by atoms with Crippen molar-refractivity contribution in [3.63, 3.8) is 0 Å². The van der Waals surface area contributed by atoms with Crippen LogP contribution in [0.3, 0.4) is 0 Å². The van der Waals surface area contributed by atoms with E-state index in [4.69, 9.17) is 9.84 Å². The highest BCUT2D eigenvalue weighted by Gasteiger charge is 2.19. The molecule has 5 heteroatoms. The lowest BCUT2D eigenvalue weighted by Crippen LogP contribution is -2.47. The molecule has 5 nitrogen and oxygen atoms in total. The smallest absolute Gasteiger partial charge is 0.304 e. The van der Waals surface area contributed by atoms with E-state index in [-0.39, 0.29) is 12.5 Å². The molecular weight excluding hydrogens is 340 g/mol. The molecule has 2 aromatic rings. The minimum absolute atomic E-state index is 0.0516. The van der Waals surface area contributed by atoms with E-state index in [2.05, 4.69) is 34.1 Å². The maximum atomic E-state index is 10.7. The Kier molecular flexibility index (Phi) is 7.39. The fourth-order valence-corrected chi connectivity index (χ4v) is 3.43. The lowest BCUT2D eigenvalue weighted by molar-refractivity contribution is -0.137. The molecule has 1 saturated heterocycles. The second-order valence-electron chi connectivity index (χ2n) is 6.90. The van der Waals surface area contributed by atoms with Crippen LogP contribution in [0, 0.1) is 0 Å². The number of carboxylic acids is 1. The average Bonchev–Trinajstić information content (AvgIpc) is 2.72. The van der Waals surface area contributed by atoms with Crippen LogP contribution in [0.15, 0.2) is 60.7 Å². The summed E-state index contributed by atoms with van der Waals surface area (Å²) in [5, 5.41) is 8.80. The van der Waals surface area contributed by atoms with Crippen LogP contribution in [0.2, 0.25) is 0 Å². The number of rotatable bonds is 9. The number of ether oxygens (including phenoxy) is 1. The molecule has 0 bridgehead atoms. The number of aliphatic carboxylic acids is 1. The lowest BCUT2D eigenvalue weighted by Gasteiger charge is -2.34. The summed E-state index contributed by atoms with van der Waals surface area (Å²) in [6.45, 7) is 5.98. The minimum Gasteiger partial charge on any atom is -0.481 e. The zero-order valence-corrected chi connectivity index (χ0v) is 15.7. The van der Waals surface area contributed by atoms with Crippen LogP contribution in [0.5, 0.6) is 0 Å². The van der Waals surface area contributed by atoms with Crippen molar-refractivity contribution >= 4 is 5.97 Å². The number of nitrogens with zero attached hydrogens (tertiary/aromatic N) is 2. The van der Waals surface area contributed by atoms with E-state index in [9.17, 15) is 4.79 Å². The van der Waals surface area contributed by atoms with E-state index in [1.165, 1.54) is 11.1 Å². The highest BCUT2D eigenvalue weighted by molar-refractivity contribution is 5.66. The van der Waals surface area contributed by atoms with Crippen LogP contribution in [-0.2, 0) is 9.53 Å². The minimum atomic E-state index is -0.723. The van der Waals surface area contributed by atoms with Crippen molar-refractivity contribution < 1.29 is 14.6 Å². The first kappa shape index (κ1) is 19.5. The maximum absolute atomic E-state index is 10.7. The molecule has 0 aromatic heterocycles. The topological polar surface area (TPSA) is 53.0 Å². The Morgan fingerprint density at radius 1 is 0.852 bits per heavy atom. The van der Waals surface area contributed by atoms with Crippen LogP contribution >= 0.6 is 0 Å². The summed E-state index contributed by atoms with van der Waals surface area (Å²) in [6.07, 6.45) is 0.170. The Bertz CT molecular complexity index is 646. The summed E-state index contributed by atoms with van der Waals surface area (Å²) in [5.74, 6) is -0.723. The number of hydrogen-bond acceptors (Lipinski definition) is 4. The van der Waals surface area contributed by atoms with Crippen LogP contribution < -0.4 is 0 Å². The number of carbonyl (C=O) groups is 1. The molecule has 2 aromatic carbocycles. The Morgan fingerprint density at radius 3 is 1.81 bits per heavy atom. The monoisotopic (exact) mass is 368 g/mol. The molecule has 1 fully saturated rings. The molecule has 0 spiro atoms. The van der Waals surface area contributed by atoms with Crippen molar-refractivity contribution in [2.45, 2.75) is 12.5 Å². The van der Waals surface area contributed by atoms with Crippen molar-refractivity contribution in [1.29, 1.82) is 0 Å². The van der Waals surface area contributed by atoms with E-state index in [0.717, 1.165) is 32.7 Å². The van der Waals surface area contributed by atoms with Gasteiger partial charge in [0.25, 0.3) is 0 Å². The molecule has 0 radical (unpaired) electrons. The number of piperazine rings is 1. The molecule has 0 saturated carbocycles. The first-order valence-corrected chi connectivity index (χ1v) is 9.60. The summed E-state index contributed by atoms with van der Waals surface area (Å²) >= 11 is 0. The van der Waals surface area contributed by atoms with Gasteiger partial charge in [-0.2, -0.15) is 0 Å². The zero-order valence-electron chi connectivity index (χ0n) is 15.7. The third-order valence-corrected chi connectivity index (χ3v) is 5.00. The Balaban J connectivity index is 1.48. The molecule has 27 heavy (non-hydrogen) atoms. The molecule has 3 rings (SSSR count). The predicted molar refractivity (Wildman–Crippen MR) is 106 cm³/mol. The van der Waals surface area contributed by atoms with Crippen LogP contribution in [-0.4, -0.2) is 66.8 Å². The van der Waals surface area contributed by atoms with Crippen molar-refractivity contribution in [2.75, 3.05) is 45.9 Å². The second kappa shape index (κ2) is 10.2. The molecule has 0 aliphatic carbocycles. The molecule has 0 unspecified atom stereocenters. The van der Waals surface area contributed by atoms with Crippen molar-refractivity contribution in [3.8, 4) is 0 Å². The maximum Gasteiger partial charge on any atom is 0.304 e. The van der Waals surface area contributed by atoms with Gasteiger partial charge in [0.05, 0.1) is 13.0 Å². The summed E-state index contributed by atoms with van der Waals surface area (Å²) in [4.78, 5) is 15.3. The van der Waals surface area contributed by atoms with Gasteiger partial charge in [-0.05, 0) is 11.1 Å².